The van der Waals surface area contributed by atoms with Crippen LogP contribution in [-0.4, -0.2) is 47.4 Å². The summed E-state index contributed by atoms with van der Waals surface area (Å²) in [6, 6.07) is 12.7. The molecule has 2 atom stereocenters. The minimum Gasteiger partial charge on any atom is -0.491 e. The molecule has 2 unspecified atom stereocenters. The molecule has 0 saturated carbocycles. The molecule has 1 aromatic heterocycles. The van der Waals surface area contributed by atoms with Gasteiger partial charge in [0.25, 0.3) is 5.91 Å². The van der Waals surface area contributed by atoms with Gasteiger partial charge in [0.1, 0.15) is 30.5 Å². The van der Waals surface area contributed by atoms with Crippen molar-refractivity contribution >= 4 is 23.2 Å². The molecule has 5 nitrogen and oxygen atoms in total. The number of rotatable bonds is 8. The number of halogens is 2. The number of carbonyl (C=O) groups is 2. The first-order chi connectivity index (χ1) is 16.9. The van der Waals surface area contributed by atoms with Crippen LogP contribution in [0.25, 0.3) is 0 Å². The summed E-state index contributed by atoms with van der Waals surface area (Å²) in [5.41, 5.74) is 1.36. The number of thiophene rings is 1. The predicted octanol–water partition coefficient (Wildman–Crippen LogP) is 5.47. The SMILES string of the molecule is CCC(C)N(CC(=O)N1CCc2sccc2C1COc1cccc(F)c1)C(=O)c1ccc(F)cc1. The molecule has 0 spiro atoms. The average Bonchev–Trinajstić information content (AvgIpc) is 3.34. The molecule has 2 aromatic carbocycles. The van der Waals surface area contributed by atoms with Gasteiger partial charge in [-0.25, -0.2) is 8.78 Å². The molecule has 1 aliphatic rings. The van der Waals surface area contributed by atoms with Crippen molar-refractivity contribution in [3.63, 3.8) is 0 Å². The molecule has 3 aromatic rings. The lowest BCUT2D eigenvalue weighted by Crippen LogP contribution is -2.49. The molecule has 2 amide bonds. The molecule has 1 aliphatic heterocycles. The standard InChI is InChI=1S/C27H28F2N2O3S/c1-3-18(2)31(27(33)19-7-9-20(28)10-8-19)16-26(32)30-13-11-25-23(12-14-35-25)24(30)17-34-22-6-4-5-21(29)15-22/h4-10,12,14-15,18,24H,3,11,13,16-17H2,1-2H3. The number of nitrogens with zero attached hydrogens (tertiary/aromatic N) is 2. The largest absolute Gasteiger partial charge is 0.491 e. The van der Waals surface area contributed by atoms with Crippen LogP contribution >= 0.6 is 11.3 Å². The number of benzene rings is 2. The molecule has 0 N–H and O–H groups in total. The molecule has 0 aliphatic carbocycles. The smallest absolute Gasteiger partial charge is 0.254 e. The lowest BCUT2D eigenvalue weighted by molar-refractivity contribution is -0.136. The topological polar surface area (TPSA) is 49.9 Å². The van der Waals surface area contributed by atoms with Crippen molar-refractivity contribution in [2.24, 2.45) is 0 Å². The van der Waals surface area contributed by atoms with E-state index in [1.165, 1.54) is 41.3 Å². The Labute approximate surface area is 207 Å². The van der Waals surface area contributed by atoms with Crippen LogP contribution in [0.15, 0.2) is 60.0 Å². The second-order valence-corrected chi connectivity index (χ2v) is 9.62. The Morgan fingerprint density at radius 3 is 2.63 bits per heavy atom. The van der Waals surface area contributed by atoms with Crippen LogP contribution < -0.4 is 4.74 Å². The van der Waals surface area contributed by atoms with Crippen molar-refractivity contribution in [2.75, 3.05) is 19.7 Å². The van der Waals surface area contributed by atoms with Gasteiger partial charge in [0.2, 0.25) is 5.91 Å². The summed E-state index contributed by atoms with van der Waals surface area (Å²) in [6.07, 6.45) is 1.39. The van der Waals surface area contributed by atoms with Crippen molar-refractivity contribution in [2.45, 2.75) is 38.8 Å². The number of ether oxygens (including phenoxy) is 1. The summed E-state index contributed by atoms with van der Waals surface area (Å²) in [7, 11) is 0. The van der Waals surface area contributed by atoms with Gasteiger partial charge in [0.15, 0.2) is 0 Å². The zero-order valence-electron chi connectivity index (χ0n) is 19.7. The summed E-state index contributed by atoms with van der Waals surface area (Å²) in [4.78, 5) is 31.3. The summed E-state index contributed by atoms with van der Waals surface area (Å²) in [5.74, 6) is -0.918. The second kappa shape index (κ2) is 11.0. The molecule has 0 fully saturated rings. The molecular weight excluding hydrogens is 470 g/mol. The van der Waals surface area contributed by atoms with Gasteiger partial charge in [-0.3, -0.25) is 9.59 Å². The summed E-state index contributed by atoms with van der Waals surface area (Å²) in [5, 5.41) is 2.00. The summed E-state index contributed by atoms with van der Waals surface area (Å²) < 4.78 is 32.9. The first-order valence-corrected chi connectivity index (χ1v) is 12.6. The van der Waals surface area contributed by atoms with Gasteiger partial charge in [-0.15, -0.1) is 11.3 Å². The van der Waals surface area contributed by atoms with E-state index in [9.17, 15) is 18.4 Å². The van der Waals surface area contributed by atoms with E-state index < -0.39 is 11.6 Å². The van der Waals surface area contributed by atoms with Crippen LogP contribution in [-0.2, 0) is 11.2 Å². The molecule has 2 heterocycles. The lowest BCUT2D eigenvalue weighted by atomic mass is 10.00. The van der Waals surface area contributed by atoms with E-state index in [4.69, 9.17) is 4.74 Å². The van der Waals surface area contributed by atoms with Crippen LogP contribution in [0, 0.1) is 11.6 Å². The molecular formula is C27H28F2N2O3S. The van der Waals surface area contributed by atoms with Gasteiger partial charge in [0.05, 0.1) is 6.04 Å². The zero-order chi connectivity index (χ0) is 24.9. The van der Waals surface area contributed by atoms with E-state index in [-0.39, 0.29) is 37.0 Å². The van der Waals surface area contributed by atoms with Gasteiger partial charge in [-0.05, 0) is 73.2 Å². The van der Waals surface area contributed by atoms with E-state index in [0.717, 1.165) is 12.0 Å². The number of carbonyl (C=O) groups excluding carboxylic acids is 2. The molecule has 0 saturated heterocycles. The van der Waals surface area contributed by atoms with Crippen LogP contribution in [0.1, 0.15) is 47.1 Å². The molecule has 4 rings (SSSR count). The third-order valence-electron chi connectivity index (χ3n) is 6.40. The van der Waals surface area contributed by atoms with Gasteiger partial charge in [-0.2, -0.15) is 0 Å². The molecule has 8 heteroatoms. The van der Waals surface area contributed by atoms with Crippen molar-refractivity contribution in [1.29, 1.82) is 0 Å². The van der Waals surface area contributed by atoms with E-state index in [1.54, 1.807) is 33.3 Å². The third kappa shape index (κ3) is 5.70. The fourth-order valence-electron chi connectivity index (χ4n) is 4.25. The monoisotopic (exact) mass is 498 g/mol. The van der Waals surface area contributed by atoms with Crippen molar-refractivity contribution in [3.05, 3.63) is 87.6 Å². The number of fused-ring (bicyclic) bond motifs is 1. The van der Waals surface area contributed by atoms with Crippen LogP contribution in [0.3, 0.4) is 0 Å². The zero-order valence-corrected chi connectivity index (χ0v) is 20.6. The van der Waals surface area contributed by atoms with Crippen LogP contribution in [0.5, 0.6) is 5.75 Å². The Hall–Kier alpha value is -3.26. The maximum Gasteiger partial charge on any atom is 0.254 e. The molecule has 35 heavy (non-hydrogen) atoms. The molecule has 0 radical (unpaired) electrons. The van der Waals surface area contributed by atoms with E-state index in [0.29, 0.717) is 24.3 Å². The number of amides is 2. The van der Waals surface area contributed by atoms with Gasteiger partial charge in [-0.1, -0.05) is 13.0 Å². The first-order valence-electron chi connectivity index (χ1n) is 11.7. The van der Waals surface area contributed by atoms with Crippen molar-refractivity contribution in [3.8, 4) is 5.75 Å². The van der Waals surface area contributed by atoms with Gasteiger partial charge < -0.3 is 14.5 Å². The van der Waals surface area contributed by atoms with E-state index >= 15 is 0 Å². The van der Waals surface area contributed by atoms with E-state index in [1.807, 2.05) is 25.3 Å². The predicted molar refractivity (Wildman–Crippen MR) is 132 cm³/mol. The van der Waals surface area contributed by atoms with Crippen molar-refractivity contribution in [1.82, 2.24) is 9.80 Å². The Bertz CT molecular complexity index is 1180. The Balaban J connectivity index is 1.54. The lowest BCUT2D eigenvalue weighted by Gasteiger charge is -2.38. The maximum atomic E-state index is 13.6. The minimum absolute atomic E-state index is 0.0961. The fourth-order valence-corrected chi connectivity index (χ4v) is 5.18. The second-order valence-electron chi connectivity index (χ2n) is 8.62. The Morgan fingerprint density at radius 1 is 1.14 bits per heavy atom. The fraction of sp³-hybridized carbons (Fsp3) is 0.333. The highest BCUT2D eigenvalue weighted by atomic mass is 32.1. The van der Waals surface area contributed by atoms with Gasteiger partial charge >= 0.3 is 0 Å². The van der Waals surface area contributed by atoms with Crippen LogP contribution in [0.2, 0.25) is 0 Å². The minimum atomic E-state index is -0.422. The molecule has 184 valence electrons. The molecule has 0 bridgehead atoms. The summed E-state index contributed by atoms with van der Waals surface area (Å²) >= 11 is 1.64. The van der Waals surface area contributed by atoms with Crippen molar-refractivity contribution < 1.29 is 23.1 Å². The average molecular weight is 499 g/mol. The quantitative estimate of drug-likeness (QED) is 0.414. The summed E-state index contributed by atoms with van der Waals surface area (Å²) in [6.45, 7) is 4.43. The van der Waals surface area contributed by atoms with Gasteiger partial charge in [0, 0.05) is 29.1 Å². The highest BCUT2D eigenvalue weighted by molar-refractivity contribution is 7.10. The Kier molecular flexibility index (Phi) is 7.80. The highest BCUT2D eigenvalue weighted by Crippen LogP contribution is 2.34. The maximum absolute atomic E-state index is 13.6. The normalized spacial score (nSPS) is 15.9. The third-order valence-corrected chi connectivity index (χ3v) is 7.40. The highest BCUT2D eigenvalue weighted by Gasteiger charge is 2.34. The Morgan fingerprint density at radius 2 is 1.91 bits per heavy atom. The van der Waals surface area contributed by atoms with E-state index in [2.05, 4.69) is 0 Å². The first kappa shape index (κ1) is 24.9. The van der Waals surface area contributed by atoms with Crippen LogP contribution in [0.4, 0.5) is 8.78 Å². The number of hydrogen-bond donors (Lipinski definition) is 0. The number of hydrogen-bond acceptors (Lipinski definition) is 4.